The molecule has 104 valence electrons. The molecular formula is C16H17NO3. The maximum Gasteiger partial charge on any atom is 0.339 e. The molecule has 1 heterocycles. The van der Waals surface area contributed by atoms with Crippen LogP contribution in [0.15, 0.2) is 28.7 Å². The van der Waals surface area contributed by atoms with Crippen molar-refractivity contribution < 1.29 is 14.3 Å². The number of para-hydroxylation sites is 1. The number of fused-ring (bicyclic) bond motifs is 1. The monoisotopic (exact) mass is 271 g/mol. The van der Waals surface area contributed by atoms with Crippen LogP contribution in [0.1, 0.15) is 35.4 Å². The van der Waals surface area contributed by atoms with Crippen molar-refractivity contribution in [3.05, 3.63) is 35.6 Å². The molecule has 1 aromatic heterocycles. The fraction of sp³-hybridized carbons (Fsp3) is 0.312. The first kappa shape index (κ1) is 14.2. The van der Waals surface area contributed by atoms with Gasteiger partial charge in [0.05, 0.1) is 6.54 Å². The number of carbonyl (C=O) groups is 1. The van der Waals surface area contributed by atoms with Crippen molar-refractivity contribution in [2.75, 3.05) is 6.54 Å². The SMILES string of the molecule is C#CCCCCNCc1oc2ccccc2c1C(=O)O. The molecule has 0 aliphatic heterocycles. The fourth-order valence-corrected chi connectivity index (χ4v) is 2.13. The summed E-state index contributed by atoms with van der Waals surface area (Å²) >= 11 is 0. The average Bonchev–Trinajstić information content (AvgIpc) is 2.81. The minimum atomic E-state index is -0.959. The molecule has 0 aliphatic carbocycles. The fourth-order valence-electron chi connectivity index (χ4n) is 2.13. The Kier molecular flexibility index (Phi) is 4.80. The zero-order valence-corrected chi connectivity index (χ0v) is 11.2. The normalized spacial score (nSPS) is 10.6. The number of hydrogen-bond donors (Lipinski definition) is 2. The predicted octanol–water partition coefficient (Wildman–Crippen LogP) is 3.02. The Balaban J connectivity index is 2.04. The topological polar surface area (TPSA) is 62.5 Å². The summed E-state index contributed by atoms with van der Waals surface area (Å²) in [4.78, 5) is 11.4. The Hall–Kier alpha value is -2.25. The number of aromatic carboxylic acids is 1. The van der Waals surface area contributed by atoms with Gasteiger partial charge >= 0.3 is 5.97 Å². The Morgan fingerprint density at radius 2 is 2.15 bits per heavy atom. The molecule has 0 radical (unpaired) electrons. The summed E-state index contributed by atoms with van der Waals surface area (Å²) in [5.74, 6) is 2.10. The predicted molar refractivity (Wildman–Crippen MR) is 77.6 cm³/mol. The zero-order chi connectivity index (χ0) is 14.4. The highest BCUT2D eigenvalue weighted by atomic mass is 16.4. The number of furan rings is 1. The van der Waals surface area contributed by atoms with Gasteiger partial charge in [0.2, 0.25) is 0 Å². The summed E-state index contributed by atoms with van der Waals surface area (Å²) in [7, 11) is 0. The maximum atomic E-state index is 11.4. The molecule has 20 heavy (non-hydrogen) atoms. The van der Waals surface area contributed by atoms with Crippen molar-refractivity contribution in [1.29, 1.82) is 0 Å². The highest BCUT2D eigenvalue weighted by molar-refractivity contribution is 6.03. The zero-order valence-electron chi connectivity index (χ0n) is 11.2. The summed E-state index contributed by atoms with van der Waals surface area (Å²) in [5, 5.41) is 13.1. The molecule has 0 atom stereocenters. The first-order valence-electron chi connectivity index (χ1n) is 6.62. The van der Waals surface area contributed by atoms with Gasteiger partial charge in [-0.25, -0.2) is 4.79 Å². The molecule has 0 aliphatic rings. The highest BCUT2D eigenvalue weighted by Gasteiger charge is 2.19. The molecule has 0 unspecified atom stereocenters. The first-order chi connectivity index (χ1) is 9.74. The molecule has 0 saturated carbocycles. The molecule has 2 aromatic rings. The van der Waals surface area contributed by atoms with E-state index in [9.17, 15) is 9.90 Å². The van der Waals surface area contributed by atoms with E-state index in [-0.39, 0.29) is 5.56 Å². The summed E-state index contributed by atoms with van der Waals surface area (Å²) in [6, 6.07) is 7.17. The number of unbranched alkanes of at least 4 members (excludes halogenated alkanes) is 2. The van der Waals surface area contributed by atoms with E-state index in [0.717, 1.165) is 25.8 Å². The van der Waals surface area contributed by atoms with E-state index in [1.807, 2.05) is 6.07 Å². The number of carboxylic acids is 1. The molecule has 4 heteroatoms. The number of nitrogens with one attached hydrogen (secondary N) is 1. The Morgan fingerprint density at radius 3 is 2.90 bits per heavy atom. The van der Waals surface area contributed by atoms with E-state index >= 15 is 0 Å². The Labute approximate surface area is 117 Å². The summed E-state index contributed by atoms with van der Waals surface area (Å²) in [6.45, 7) is 1.20. The van der Waals surface area contributed by atoms with Crippen LogP contribution >= 0.6 is 0 Å². The smallest absolute Gasteiger partial charge is 0.339 e. The molecular weight excluding hydrogens is 254 g/mol. The van der Waals surface area contributed by atoms with Crippen molar-refractivity contribution in [3.8, 4) is 12.3 Å². The van der Waals surface area contributed by atoms with Crippen LogP contribution < -0.4 is 5.32 Å². The minimum absolute atomic E-state index is 0.247. The van der Waals surface area contributed by atoms with E-state index in [1.165, 1.54) is 0 Å². The van der Waals surface area contributed by atoms with E-state index in [1.54, 1.807) is 18.2 Å². The van der Waals surface area contributed by atoms with Crippen molar-refractivity contribution in [1.82, 2.24) is 5.32 Å². The molecule has 2 N–H and O–H groups in total. The molecule has 0 amide bonds. The van der Waals surface area contributed by atoms with Gasteiger partial charge in [0.25, 0.3) is 0 Å². The van der Waals surface area contributed by atoms with Crippen molar-refractivity contribution in [3.63, 3.8) is 0 Å². The molecule has 0 fully saturated rings. The summed E-state index contributed by atoms with van der Waals surface area (Å²) in [5.41, 5.74) is 0.853. The quantitative estimate of drug-likeness (QED) is 0.600. The third-order valence-corrected chi connectivity index (χ3v) is 3.09. The number of carboxylic acid groups (broad SMARTS) is 1. The summed E-state index contributed by atoms with van der Waals surface area (Å²) in [6.07, 6.45) is 7.88. The summed E-state index contributed by atoms with van der Waals surface area (Å²) < 4.78 is 5.61. The van der Waals surface area contributed by atoms with Gasteiger partial charge in [-0.2, -0.15) is 0 Å². The van der Waals surface area contributed by atoms with E-state index < -0.39 is 5.97 Å². The molecule has 0 spiro atoms. The van der Waals surface area contributed by atoms with Gasteiger partial charge in [0.15, 0.2) is 0 Å². The maximum absolute atomic E-state index is 11.4. The molecule has 1 aromatic carbocycles. The lowest BCUT2D eigenvalue weighted by atomic mass is 10.1. The third kappa shape index (κ3) is 3.19. The van der Waals surface area contributed by atoms with Gasteiger partial charge < -0.3 is 14.8 Å². The minimum Gasteiger partial charge on any atom is -0.478 e. The van der Waals surface area contributed by atoms with E-state index in [4.69, 9.17) is 10.8 Å². The van der Waals surface area contributed by atoms with Crippen molar-refractivity contribution in [2.45, 2.75) is 25.8 Å². The van der Waals surface area contributed by atoms with Crippen LogP contribution in [0.2, 0.25) is 0 Å². The number of terminal acetylenes is 1. The van der Waals surface area contributed by atoms with Crippen LogP contribution in [0.25, 0.3) is 11.0 Å². The van der Waals surface area contributed by atoms with Crippen LogP contribution in [0.3, 0.4) is 0 Å². The molecule has 0 saturated heterocycles. The average molecular weight is 271 g/mol. The van der Waals surface area contributed by atoms with Crippen molar-refractivity contribution >= 4 is 16.9 Å². The van der Waals surface area contributed by atoms with Crippen LogP contribution in [-0.2, 0) is 6.54 Å². The lowest BCUT2D eigenvalue weighted by Crippen LogP contribution is -2.16. The highest BCUT2D eigenvalue weighted by Crippen LogP contribution is 2.25. The second-order valence-electron chi connectivity index (χ2n) is 4.54. The van der Waals surface area contributed by atoms with Crippen molar-refractivity contribution in [2.24, 2.45) is 0 Å². The first-order valence-corrected chi connectivity index (χ1v) is 6.62. The van der Waals surface area contributed by atoms with Crippen LogP contribution in [0.5, 0.6) is 0 Å². The molecule has 4 nitrogen and oxygen atoms in total. The largest absolute Gasteiger partial charge is 0.478 e. The Morgan fingerprint density at radius 1 is 1.35 bits per heavy atom. The second-order valence-corrected chi connectivity index (χ2v) is 4.54. The van der Waals surface area contributed by atoms with E-state index in [2.05, 4.69) is 11.2 Å². The van der Waals surface area contributed by atoms with Gasteiger partial charge in [0, 0.05) is 11.8 Å². The number of hydrogen-bond acceptors (Lipinski definition) is 3. The standard InChI is InChI=1S/C16H17NO3/c1-2-3-4-7-10-17-11-14-15(16(18)19)12-8-5-6-9-13(12)20-14/h1,5-6,8-9,17H,3-4,7,10-11H2,(H,18,19). The number of benzene rings is 1. The lowest BCUT2D eigenvalue weighted by molar-refractivity contribution is 0.0696. The van der Waals surface area contributed by atoms with Gasteiger partial charge in [-0.3, -0.25) is 0 Å². The Bertz CT molecular complexity index is 637. The third-order valence-electron chi connectivity index (χ3n) is 3.09. The second kappa shape index (κ2) is 6.78. The van der Waals surface area contributed by atoms with E-state index in [0.29, 0.717) is 23.3 Å². The molecule has 0 bridgehead atoms. The van der Waals surface area contributed by atoms with Gasteiger partial charge in [0.1, 0.15) is 16.9 Å². The number of rotatable bonds is 7. The van der Waals surface area contributed by atoms with Gasteiger partial charge in [-0.15, -0.1) is 12.3 Å². The van der Waals surface area contributed by atoms with Gasteiger partial charge in [-0.05, 0) is 25.5 Å². The van der Waals surface area contributed by atoms with Gasteiger partial charge in [-0.1, -0.05) is 18.2 Å². The lowest BCUT2D eigenvalue weighted by Gasteiger charge is -2.02. The van der Waals surface area contributed by atoms with Crippen LogP contribution in [0, 0.1) is 12.3 Å². The molecule has 2 rings (SSSR count). The van der Waals surface area contributed by atoms with Crippen LogP contribution in [0.4, 0.5) is 0 Å². The van der Waals surface area contributed by atoms with Crippen LogP contribution in [-0.4, -0.2) is 17.6 Å².